The third-order valence-corrected chi connectivity index (χ3v) is 3.10. The first-order valence-corrected chi connectivity index (χ1v) is 6.50. The smallest absolute Gasteiger partial charge is 0.421 e. The average Bonchev–Trinajstić information content (AvgIpc) is 2.18. The van der Waals surface area contributed by atoms with Crippen LogP contribution in [0.4, 0.5) is 23.8 Å². The summed E-state index contributed by atoms with van der Waals surface area (Å²) in [6.45, 7) is 4.75. The van der Waals surface area contributed by atoms with Crippen LogP contribution in [0.1, 0.15) is 26.3 Å². The molecule has 0 bridgehead atoms. The molecule has 0 atom stereocenters. The minimum Gasteiger partial charge on any atom is -0.444 e. The fourth-order valence-corrected chi connectivity index (χ4v) is 1.77. The first-order valence-electron chi connectivity index (χ1n) is 5.33. The Hall–Kier alpha value is -1.02. The van der Waals surface area contributed by atoms with Gasteiger partial charge in [-0.25, -0.2) is 9.78 Å². The van der Waals surface area contributed by atoms with Crippen LogP contribution in [0.15, 0.2) is 10.7 Å². The van der Waals surface area contributed by atoms with Gasteiger partial charge in [0.25, 0.3) is 0 Å². The number of anilines is 1. The molecule has 9 heteroatoms. The van der Waals surface area contributed by atoms with E-state index in [9.17, 15) is 18.0 Å². The third kappa shape index (κ3) is 4.52. The molecule has 1 aromatic rings. The Morgan fingerprint density at radius 1 is 1.40 bits per heavy atom. The zero-order valence-electron chi connectivity index (χ0n) is 10.7. The molecule has 20 heavy (non-hydrogen) atoms. The molecule has 1 rings (SSSR count). The number of alkyl halides is 3. The van der Waals surface area contributed by atoms with E-state index in [-0.39, 0.29) is 4.47 Å². The Labute approximate surface area is 126 Å². The second-order valence-electron chi connectivity index (χ2n) is 4.77. The molecule has 4 nitrogen and oxygen atoms in total. The summed E-state index contributed by atoms with van der Waals surface area (Å²) in [7, 11) is 0. The number of carbonyl (C=O) groups excluding carboxylic acids is 1. The topological polar surface area (TPSA) is 51.2 Å². The van der Waals surface area contributed by atoms with Gasteiger partial charge < -0.3 is 4.74 Å². The lowest BCUT2D eigenvalue weighted by Gasteiger charge is -2.21. The van der Waals surface area contributed by atoms with Crippen molar-refractivity contribution in [3.05, 3.63) is 21.3 Å². The van der Waals surface area contributed by atoms with Crippen LogP contribution in [-0.4, -0.2) is 16.7 Å². The fourth-order valence-electron chi connectivity index (χ4n) is 1.22. The molecule has 0 saturated carbocycles. The summed E-state index contributed by atoms with van der Waals surface area (Å²) in [5.41, 5.74) is -2.08. The van der Waals surface area contributed by atoms with E-state index >= 15 is 0 Å². The highest BCUT2D eigenvalue weighted by Gasteiger charge is 2.38. The number of hydrogen-bond donors (Lipinski definition) is 1. The van der Waals surface area contributed by atoms with E-state index < -0.39 is 34.3 Å². The second-order valence-corrected chi connectivity index (χ2v) is 6.00. The van der Waals surface area contributed by atoms with E-state index in [0.717, 1.165) is 6.20 Å². The Morgan fingerprint density at radius 2 is 1.95 bits per heavy atom. The lowest BCUT2D eigenvalue weighted by molar-refractivity contribution is -0.137. The Balaban J connectivity index is 3.14. The number of pyridine rings is 1. The molecule has 0 fully saturated rings. The van der Waals surface area contributed by atoms with Crippen LogP contribution in [0, 0.1) is 0 Å². The van der Waals surface area contributed by atoms with Crippen LogP contribution in [-0.2, 0) is 10.9 Å². The number of nitrogens with one attached hydrogen (secondary N) is 1. The molecule has 0 unspecified atom stereocenters. The molecule has 0 aliphatic carbocycles. The molecule has 112 valence electrons. The van der Waals surface area contributed by atoms with E-state index in [1.54, 1.807) is 20.8 Å². The minimum absolute atomic E-state index is 0.0266. The molecule has 0 aromatic carbocycles. The normalized spacial score (nSPS) is 12.2. The maximum Gasteiger partial charge on any atom is 0.421 e. The number of aromatic nitrogens is 1. The van der Waals surface area contributed by atoms with Crippen molar-refractivity contribution in [3.8, 4) is 0 Å². The summed E-state index contributed by atoms with van der Waals surface area (Å²) in [6, 6.07) is 0. The second kappa shape index (κ2) is 5.77. The Morgan fingerprint density at radius 3 is 2.40 bits per heavy atom. The van der Waals surface area contributed by atoms with Crippen LogP contribution in [0.3, 0.4) is 0 Å². The predicted molar refractivity (Wildman–Crippen MR) is 71.8 cm³/mol. The van der Waals surface area contributed by atoms with Crippen LogP contribution >= 0.6 is 27.5 Å². The van der Waals surface area contributed by atoms with E-state index in [4.69, 9.17) is 16.3 Å². The van der Waals surface area contributed by atoms with Gasteiger partial charge in [-0.2, -0.15) is 13.2 Å². The minimum atomic E-state index is -4.77. The number of halogens is 5. The number of nitrogens with zero attached hydrogens (tertiary/aromatic N) is 1. The first kappa shape index (κ1) is 17.0. The predicted octanol–water partition coefficient (Wildman–Crippen LogP) is 4.86. The van der Waals surface area contributed by atoms with Gasteiger partial charge in [-0.05, 0) is 36.7 Å². The molecule has 0 aliphatic heterocycles. The first-order chi connectivity index (χ1) is 8.92. The van der Waals surface area contributed by atoms with Crippen molar-refractivity contribution in [3.63, 3.8) is 0 Å². The third-order valence-electron chi connectivity index (χ3n) is 1.88. The highest BCUT2D eigenvalue weighted by atomic mass is 79.9. The lowest BCUT2D eigenvalue weighted by Crippen LogP contribution is -2.28. The highest BCUT2D eigenvalue weighted by Crippen LogP contribution is 2.41. The van der Waals surface area contributed by atoms with Crippen molar-refractivity contribution in [2.24, 2.45) is 0 Å². The molecule has 0 aliphatic rings. The van der Waals surface area contributed by atoms with Crippen LogP contribution in [0.25, 0.3) is 0 Å². The summed E-state index contributed by atoms with van der Waals surface area (Å²) >= 11 is 8.45. The maximum atomic E-state index is 12.9. The molecule has 1 amide bonds. The zero-order chi connectivity index (χ0) is 15.7. The van der Waals surface area contributed by atoms with E-state index in [1.807, 2.05) is 5.32 Å². The molecule has 1 aromatic heterocycles. The number of ether oxygens (including phenoxy) is 1. The maximum absolute atomic E-state index is 12.9. The number of amides is 1. The van der Waals surface area contributed by atoms with Crippen molar-refractivity contribution >= 4 is 39.4 Å². The van der Waals surface area contributed by atoms with Gasteiger partial charge in [0.15, 0.2) is 0 Å². The molecular weight excluding hydrogens is 364 g/mol. The molecule has 0 spiro atoms. The van der Waals surface area contributed by atoms with Crippen molar-refractivity contribution in [2.45, 2.75) is 32.5 Å². The van der Waals surface area contributed by atoms with E-state index in [0.29, 0.717) is 0 Å². The van der Waals surface area contributed by atoms with Gasteiger partial charge in [0, 0.05) is 6.20 Å². The van der Waals surface area contributed by atoms with Crippen molar-refractivity contribution in [1.29, 1.82) is 0 Å². The largest absolute Gasteiger partial charge is 0.444 e. The van der Waals surface area contributed by atoms with Crippen LogP contribution in [0.5, 0.6) is 0 Å². The summed E-state index contributed by atoms with van der Waals surface area (Å²) in [5, 5.41) is 1.36. The van der Waals surface area contributed by atoms with Crippen molar-refractivity contribution in [1.82, 2.24) is 4.98 Å². The van der Waals surface area contributed by atoms with Gasteiger partial charge in [0.05, 0.1) is 9.50 Å². The van der Waals surface area contributed by atoms with Crippen molar-refractivity contribution in [2.75, 3.05) is 5.32 Å². The SMILES string of the molecule is CC(C)(C)OC(=O)Nc1ncc(Br)c(Cl)c1C(F)(F)F. The van der Waals surface area contributed by atoms with Gasteiger partial charge >= 0.3 is 12.3 Å². The number of hydrogen-bond acceptors (Lipinski definition) is 3. The Kier molecular flexibility index (Phi) is 4.91. The Bertz CT molecular complexity index is 530. The summed E-state index contributed by atoms with van der Waals surface area (Å²) < 4.78 is 43.7. The van der Waals surface area contributed by atoms with Gasteiger partial charge in [0.2, 0.25) is 0 Å². The zero-order valence-corrected chi connectivity index (χ0v) is 13.1. The van der Waals surface area contributed by atoms with Gasteiger partial charge in [-0.3, -0.25) is 5.32 Å². The quantitative estimate of drug-likeness (QED) is 0.762. The average molecular weight is 376 g/mol. The molecule has 1 N–H and O–H groups in total. The molecule has 0 radical (unpaired) electrons. The van der Waals surface area contributed by atoms with E-state index in [2.05, 4.69) is 20.9 Å². The van der Waals surface area contributed by atoms with Crippen LogP contribution in [0.2, 0.25) is 5.02 Å². The van der Waals surface area contributed by atoms with Crippen LogP contribution < -0.4 is 5.32 Å². The van der Waals surface area contributed by atoms with Crippen molar-refractivity contribution < 1.29 is 22.7 Å². The molecular formula is C11H11BrClF3N2O2. The number of carbonyl (C=O) groups is 1. The molecule has 0 saturated heterocycles. The summed E-state index contributed by atoms with van der Waals surface area (Å²) in [6.07, 6.45) is -4.75. The van der Waals surface area contributed by atoms with Gasteiger partial charge in [-0.1, -0.05) is 11.6 Å². The molecule has 1 heterocycles. The lowest BCUT2D eigenvalue weighted by atomic mass is 10.2. The van der Waals surface area contributed by atoms with Gasteiger partial charge in [0.1, 0.15) is 17.0 Å². The van der Waals surface area contributed by atoms with E-state index in [1.165, 1.54) is 0 Å². The summed E-state index contributed by atoms with van der Waals surface area (Å²) in [5.74, 6) is -0.708. The standard InChI is InChI=1S/C11H11BrClF3N2O2/c1-10(2,3)20-9(19)18-8-6(11(14,15)16)7(13)5(12)4-17-8/h4H,1-3H3,(H,17,18,19). The van der Waals surface area contributed by atoms with Gasteiger partial charge in [-0.15, -0.1) is 0 Å². The monoisotopic (exact) mass is 374 g/mol. The fraction of sp³-hybridized carbons (Fsp3) is 0.455. The highest BCUT2D eigenvalue weighted by molar-refractivity contribution is 9.10. The summed E-state index contributed by atoms with van der Waals surface area (Å²) in [4.78, 5) is 15.0. The number of rotatable bonds is 1.